The number of carbonyl (C=O) groups excluding carboxylic acids is 1. The number of aromatic nitrogens is 5. The van der Waals surface area contributed by atoms with E-state index in [1.54, 1.807) is 31.1 Å². The molecule has 2 aliphatic rings. The van der Waals surface area contributed by atoms with E-state index in [-0.39, 0.29) is 11.8 Å². The minimum atomic E-state index is 0.0378. The number of H-pyrrole nitrogens is 1. The summed E-state index contributed by atoms with van der Waals surface area (Å²) in [6.07, 6.45) is 4.14. The van der Waals surface area contributed by atoms with Gasteiger partial charge in [0.25, 0.3) is 5.91 Å². The van der Waals surface area contributed by atoms with Gasteiger partial charge in [0.1, 0.15) is 12.3 Å². The quantitative estimate of drug-likeness (QED) is 0.882. The van der Waals surface area contributed by atoms with E-state index in [1.807, 2.05) is 4.90 Å². The number of ether oxygens (including phenoxy) is 1. The molecule has 1 aliphatic carbocycles. The average Bonchev–Trinajstić information content (AvgIpc) is 2.99. The van der Waals surface area contributed by atoms with Crippen LogP contribution in [-0.4, -0.2) is 56.0 Å². The smallest absolute Gasteiger partial charge is 0.272 e. The molecule has 1 amide bonds. The van der Waals surface area contributed by atoms with Crippen molar-refractivity contribution in [3.05, 3.63) is 29.6 Å². The zero-order valence-corrected chi connectivity index (χ0v) is 14.0. The predicted octanol–water partition coefficient (Wildman–Crippen LogP) is 0.950. The van der Waals surface area contributed by atoms with E-state index in [2.05, 4.69) is 20.3 Å². The van der Waals surface area contributed by atoms with E-state index in [0.29, 0.717) is 30.7 Å². The van der Waals surface area contributed by atoms with E-state index in [0.717, 1.165) is 18.2 Å². The number of nitrogens with zero attached hydrogens (tertiary/aromatic N) is 5. The van der Waals surface area contributed by atoms with Crippen LogP contribution in [0, 0.1) is 11.8 Å². The highest BCUT2D eigenvalue weighted by Gasteiger charge is 2.46. The summed E-state index contributed by atoms with van der Waals surface area (Å²) < 4.78 is 6.73. The normalized spacial score (nSPS) is 23.8. The molecule has 2 atom stereocenters. The standard InChI is InChI=1S/C16H22N6O2/c1-21-13(5-6-17-21)16(23)22-7-11(10-3-4-10)12(8-22)15-18-14(9-24-2)19-20-15/h5-6,10-12H,3-4,7-9H2,1-2H3,(H,18,19,20)/t11-,12+/m1/s1. The molecule has 0 unspecified atom stereocenters. The number of likely N-dealkylation sites (tertiary alicyclic amines) is 1. The van der Waals surface area contributed by atoms with Crippen molar-refractivity contribution < 1.29 is 9.53 Å². The summed E-state index contributed by atoms with van der Waals surface area (Å²) in [5, 5.41) is 11.4. The van der Waals surface area contributed by atoms with Crippen LogP contribution < -0.4 is 0 Å². The van der Waals surface area contributed by atoms with Crippen molar-refractivity contribution in [2.24, 2.45) is 18.9 Å². The van der Waals surface area contributed by atoms with Crippen molar-refractivity contribution >= 4 is 5.91 Å². The fourth-order valence-electron chi connectivity index (χ4n) is 3.69. The first-order valence-electron chi connectivity index (χ1n) is 8.34. The number of hydrogen-bond donors (Lipinski definition) is 1. The molecule has 4 rings (SSSR count). The maximum absolute atomic E-state index is 12.8. The molecule has 3 heterocycles. The summed E-state index contributed by atoms with van der Waals surface area (Å²) >= 11 is 0. The summed E-state index contributed by atoms with van der Waals surface area (Å²) in [6.45, 7) is 1.86. The molecule has 128 valence electrons. The molecule has 1 N–H and O–H groups in total. The van der Waals surface area contributed by atoms with Crippen LogP contribution in [0.15, 0.2) is 12.3 Å². The monoisotopic (exact) mass is 330 g/mol. The number of aromatic amines is 1. The zero-order valence-electron chi connectivity index (χ0n) is 14.0. The van der Waals surface area contributed by atoms with Gasteiger partial charge in [-0.1, -0.05) is 0 Å². The molecular formula is C16H22N6O2. The van der Waals surface area contributed by atoms with Crippen LogP contribution in [0.1, 0.15) is 40.9 Å². The van der Waals surface area contributed by atoms with Crippen LogP contribution in [0.2, 0.25) is 0 Å². The molecular weight excluding hydrogens is 308 g/mol. The maximum Gasteiger partial charge on any atom is 0.272 e. The first-order chi connectivity index (χ1) is 11.7. The number of rotatable bonds is 5. The fourth-order valence-corrected chi connectivity index (χ4v) is 3.69. The molecule has 0 bridgehead atoms. The molecule has 0 aromatic carbocycles. The molecule has 1 saturated carbocycles. The number of nitrogens with one attached hydrogen (secondary N) is 1. The van der Waals surface area contributed by atoms with E-state index in [4.69, 9.17) is 4.74 Å². The van der Waals surface area contributed by atoms with E-state index in [9.17, 15) is 4.79 Å². The Bertz CT molecular complexity index is 735. The van der Waals surface area contributed by atoms with Gasteiger partial charge in [-0.25, -0.2) is 4.98 Å². The molecule has 2 aromatic heterocycles. The minimum absolute atomic E-state index is 0.0378. The Hall–Kier alpha value is -2.22. The average molecular weight is 330 g/mol. The molecule has 1 saturated heterocycles. The van der Waals surface area contributed by atoms with Gasteiger partial charge in [0.05, 0.1) is 0 Å². The van der Waals surface area contributed by atoms with Crippen molar-refractivity contribution in [2.45, 2.75) is 25.4 Å². The molecule has 1 aliphatic heterocycles. The third-order valence-corrected chi connectivity index (χ3v) is 5.08. The van der Waals surface area contributed by atoms with Gasteiger partial charge in [-0.05, 0) is 30.7 Å². The van der Waals surface area contributed by atoms with Gasteiger partial charge < -0.3 is 9.64 Å². The summed E-state index contributed by atoms with van der Waals surface area (Å²) in [6, 6.07) is 1.77. The molecule has 8 heteroatoms. The third kappa shape index (κ3) is 2.71. The number of hydrogen-bond acceptors (Lipinski definition) is 5. The highest BCUT2D eigenvalue weighted by atomic mass is 16.5. The Morgan fingerprint density at radius 3 is 2.92 bits per heavy atom. The lowest BCUT2D eigenvalue weighted by molar-refractivity contribution is 0.0773. The van der Waals surface area contributed by atoms with Crippen LogP contribution in [0.5, 0.6) is 0 Å². The van der Waals surface area contributed by atoms with Crippen LogP contribution >= 0.6 is 0 Å². The van der Waals surface area contributed by atoms with Crippen molar-refractivity contribution in [2.75, 3.05) is 20.2 Å². The molecule has 2 aromatic rings. The number of carbonyl (C=O) groups is 1. The van der Waals surface area contributed by atoms with Crippen molar-refractivity contribution in [3.8, 4) is 0 Å². The van der Waals surface area contributed by atoms with Gasteiger partial charge in [-0.2, -0.15) is 10.2 Å². The Kier molecular flexibility index (Phi) is 3.84. The first kappa shape index (κ1) is 15.3. The lowest BCUT2D eigenvalue weighted by atomic mass is 9.91. The van der Waals surface area contributed by atoms with Crippen molar-refractivity contribution in [1.29, 1.82) is 0 Å². The van der Waals surface area contributed by atoms with Crippen LogP contribution in [0.25, 0.3) is 0 Å². The Morgan fingerprint density at radius 1 is 1.42 bits per heavy atom. The second-order valence-electron chi connectivity index (χ2n) is 6.73. The van der Waals surface area contributed by atoms with E-state index < -0.39 is 0 Å². The molecule has 24 heavy (non-hydrogen) atoms. The lowest BCUT2D eigenvalue weighted by Gasteiger charge is -2.16. The van der Waals surface area contributed by atoms with Gasteiger partial charge in [0.15, 0.2) is 11.6 Å². The third-order valence-electron chi connectivity index (χ3n) is 5.08. The van der Waals surface area contributed by atoms with Crippen LogP contribution in [-0.2, 0) is 18.4 Å². The second kappa shape index (κ2) is 6.01. The Balaban J connectivity index is 1.55. The van der Waals surface area contributed by atoms with Crippen LogP contribution in [0.4, 0.5) is 0 Å². The molecule has 8 nitrogen and oxygen atoms in total. The van der Waals surface area contributed by atoms with Crippen molar-refractivity contribution in [3.63, 3.8) is 0 Å². The molecule has 2 fully saturated rings. The van der Waals surface area contributed by atoms with Gasteiger partial charge in [-0.15, -0.1) is 0 Å². The molecule has 0 radical (unpaired) electrons. The summed E-state index contributed by atoms with van der Waals surface area (Å²) in [4.78, 5) is 19.3. The number of aryl methyl sites for hydroxylation is 1. The first-order valence-corrected chi connectivity index (χ1v) is 8.34. The fraction of sp³-hybridized carbons (Fsp3) is 0.625. The Morgan fingerprint density at radius 2 is 2.25 bits per heavy atom. The van der Waals surface area contributed by atoms with Gasteiger partial charge in [0, 0.05) is 39.4 Å². The SMILES string of the molecule is COCc1nc([C@H]2CN(C(=O)c3ccnn3C)C[C@@H]2C2CC2)n[nH]1. The summed E-state index contributed by atoms with van der Waals surface area (Å²) in [5.74, 6) is 2.89. The lowest BCUT2D eigenvalue weighted by Crippen LogP contribution is -2.30. The summed E-state index contributed by atoms with van der Waals surface area (Å²) in [7, 11) is 3.44. The van der Waals surface area contributed by atoms with Crippen molar-refractivity contribution in [1.82, 2.24) is 29.9 Å². The Labute approximate surface area is 140 Å². The topological polar surface area (TPSA) is 88.9 Å². The highest BCUT2D eigenvalue weighted by molar-refractivity contribution is 5.92. The molecule has 0 spiro atoms. The van der Waals surface area contributed by atoms with Gasteiger partial charge in [0.2, 0.25) is 0 Å². The zero-order chi connectivity index (χ0) is 16.7. The number of amides is 1. The predicted molar refractivity (Wildman–Crippen MR) is 85.2 cm³/mol. The van der Waals surface area contributed by atoms with E-state index >= 15 is 0 Å². The minimum Gasteiger partial charge on any atom is -0.377 e. The van der Waals surface area contributed by atoms with E-state index in [1.165, 1.54) is 12.8 Å². The van der Waals surface area contributed by atoms with Gasteiger partial charge >= 0.3 is 0 Å². The second-order valence-corrected chi connectivity index (χ2v) is 6.73. The van der Waals surface area contributed by atoms with Gasteiger partial charge in [-0.3, -0.25) is 14.6 Å². The summed E-state index contributed by atoms with van der Waals surface area (Å²) in [5.41, 5.74) is 0.625. The largest absolute Gasteiger partial charge is 0.377 e. The maximum atomic E-state index is 12.8. The van der Waals surface area contributed by atoms with Crippen LogP contribution in [0.3, 0.4) is 0 Å². The highest BCUT2D eigenvalue weighted by Crippen LogP contribution is 2.47. The number of methoxy groups -OCH3 is 1.